The zero-order valence-electron chi connectivity index (χ0n) is 17.0. The second-order valence-corrected chi connectivity index (χ2v) is 8.01. The quantitative estimate of drug-likeness (QED) is 0.678. The molecule has 0 radical (unpaired) electrons. The van der Waals surface area contributed by atoms with Crippen LogP contribution in [0, 0.1) is 5.92 Å². The molecular weight excluding hydrogens is 326 g/mol. The number of piperidine rings is 1. The standard InChI is InChI=1S/C19H35N3O2.C2H4/c1-16(2)24-13-12-20-8-10-21(11-9-20)18-14-17(15-18)19(23)22-6-4-3-5-7-22;1-2/h16-18H,3-15H2,1-2H3;1-2H2. The van der Waals surface area contributed by atoms with Gasteiger partial charge in [0.25, 0.3) is 0 Å². The van der Waals surface area contributed by atoms with Gasteiger partial charge in [-0.15, -0.1) is 13.2 Å². The third kappa shape index (κ3) is 6.07. The molecule has 1 aliphatic carbocycles. The number of nitrogens with zero attached hydrogens (tertiary/aromatic N) is 3. The third-order valence-corrected chi connectivity index (χ3v) is 5.91. The number of ether oxygens (including phenoxy) is 1. The first-order chi connectivity index (χ1) is 12.6. The van der Waals surface area contributed by atoms with Crippen LogP contribution in [0.1, 0.15) is 46.0 Å². The van der Waals surface area contributed by atoms with Crippen molar-refractivity contribution in [2.24, 2.45) is 5.92 Å². The van der Waals surface area contributed by atoms with Crippen molar-refractivity contribution in [2.75, 3.05) is 52.4 Å². The molecule has 0 aromatic carbocycles. The first kappa shape index (κ1) is 21.4. The van der Waals surface area contributed by atoms with Gasteiger partial charge in [-0.25, -0.2) is 0 Å². The zero-order valence-corrected chi connectivity index (χ0v) is 17.0. The summed E-state index contributed by atoms with van der Waals surface area (Å²) < 4.78 is 5.65. The predicted octanol–water partition coefficient (Wildman–Crippen LogP) is 2.62. The average molecular weight is 366 g/mol. The molecule has 150 valence electrons. The van der Waals surface area contributed by atoms with Crippen LogP contribution in [-0.2, 0) is 9.53 Å². The number of amides is 1. The summed E-state index contributed by atoms with van der Waals surface area (Å²) in [6.07, 6.45) is 6.20. The van der Waals surface area contributed by atoms with Crippen molar-refractivity contribution in [1.82, 2.24) is 14.7 Å². The molecule has 0 aromatic rings. The van der Waals surface area contributed by atoms with Gasteiger partial charge in [0.1, 0.15) is 0 Å². The molecule has 1 saturated carbocycles. The van der Waals surface area contributed by atoms with Gasteiger partial charge >= 0.3 is 0 Å². The van der Waals surface area contributed by atoms with E-state index >= 15 is 0 Å². The maximum absolute atomic E-state index is 12.5. The molecule has 0 aromatic heterocycles. The first-order valence-corrected chi connectivity index (χ1v) is 10.5. The normalized spacial score (nSPS) is 27.6. The summed E-state index contributed by atoms with van der Waals surface area (Å²) in [7, 11) is 0. The van der Waals surface area contributed by atoms with E-state index in [4.69, 9.17) is 4.74 Å². The number of carbonyl (C=O) groups is 1. The smallest absolute Gasteiger partial charge is 0.225 e. The number of hydrogen-bond donors (Lipinski definition) is 0. The summed E-state index contributed by atoms with van der Waals surface area (Å²) in [4.78, 5) is 19.8. The fourth-order valence-corrected chi connectivity index (χ4v) is 4.23. The van der Waals surface area contributed by atoms with Crippen LogP contribution in [0.5, 0.6) is 0 Å². The highest BCUT2D eigenvalue weighted by Crippen LogP contribution is 2.34. The molecule has 0 N–H and O–H groups in total. The number of hydrogen-bond acceptors (Lipinski definition) is 4. The van der Waals surface area contributed by atoms with Crippen LogP contribution < -0.4 is 0 Å². The molecule has 3 rings (SSSR count). The van der Waals surface area contributed by atoms with Crippen molar-refractivity contribution in [2.45, 2.75) is 58.1 Å². The molecule has 0 atom stereocenters. The summed E-state index contributed by atoms with van der Waals surface area (Å²) in [5.74, 6) is 0.751. The SMILES string of the molecule is C=C.CC(C)OCCN1CCN(C2CC(C(=O)N3CCCCC3)C2)CC1. The lowest BCUT2D eigenvalue weighted by Gasteiger charge is -2.47. The van der Waals surface area contributed by atoms with Gasteiger partial charge in [0.15, 0.2) is 0 Å². The number of piperazine rings is 1. The van der Waals surface area contributed by atoms with E-state index in [1.807, 2.05) is 0 Å². The lowest BCUT2D eigenvalue weighted by molar-refractivity contribution is -0.142. The van der Waals surface area contributed by atoms with Crippen LogP contribution in [-0.4, -0.2) is 85.2 Å². The lowest BCUT2D eigenvalue weighted by Crippen LogP contribution is -2.56. The molecule has 5 nitrogen and oxygen atoms in total. The van der Waals surface area contributed by atoms with E-state index in [0.717, 1.165) is 65.3 Å². The second-order valence-electron chi connectivity index (χ2n) is 8.01. The second kappa shape index (κ2) is 11.1. The monoisotopic (exact) mass is 365 g/mol. The summed E-state index contributed by atoms with van der Waals surface area (Å²) in [6.45, 7) is 18.7. The Kier molecular flexibility index (Phi) is 9.09. The van der Waals surface area contributed by atoms with E-state index in [2.05, 4.69) is 41.7 Å². The highest BCUT2D eigenvalue weighted by molar-refractivity contribution is 5.80. The Hall–Kier alpha value is -0.910. The first-order valence-electron chi connectivity index (χ1n) is 10.5. The Morgan fingerprint density at radius 3 is 2.19 bits per heavy atom. The fourth-order valence-electron chi connectivity index (χ4n) is 4.23. The number of rotatable bonds is 6. The lowest BCUT2D eigenvalue weighted by atomic mass is 9.78. The number of carbonyl (C=O) groups excluding carboxylic acids is 1. The Labute approximate surface area is 160 Å². The van der Waals surface area contributed by atoms with Crippen LogP contribution in [0.2, 0.25) is 0 Å². The van der Waals surface area contributed by atoms with Crippen LogP contribution in [0.3, 0.4) is 0 Å². The molecular formula is C21H39N3O2. The van der Waals surface area contributed by atoms with Crippen molar-refractivity contribution < 1.29 is 9.53 Å². The Bertz CT molecular complexity index is 409. The highest BCUT2D eigenvalue weighted by atomic mass is 16.5. The minimum absolute atomic E-state index is 0.311. The molecule has 3 fully saturated rings. The Balaban J connectivity index is 0.00000117. The van der Waals surface area contributed by atoms with Crippen LogP contribution >= 0.6 is 0 Å². The molecule has 0 unspecified atom stereocenters. The van der Waals surface area contributed by atoms with Crippen molar-refractivity contribution >= 4 is 5.91 Å². The van der Waals surface area contributed by atoms with Crippen LogP contribution in [0.15, 0.2) is 13.2 Å². The fraction of sp³-hybridized carbons (Fsp3) is 0.857. The van der Waals surface area contributed by atoms with Gasteiger partial charge in [0.05, 0.1) is 12.7 Å². The van der Waals surface area contributed by atoms with Crippen molar-refractivity contribution in [3.8, 4) is 0 Å². The van der Waals surface area contributed by atoms with Gasteiger partial charge in [-0.1, -0.05) is 0 Å². The van der Waals surface area contributed by atoms with Gasteiger partial charge in [0.2, 0.25) is 5.91 Å². The molecule has 2 aliphatic heterocycles. The highest BCUT2D eigenvalue weighted by Gasteiger charge is 2.40. The van der Waals surface area contributed by atoms with E-state index < -0.39 is 0 Å². The molecule has 3 aliphatic rings. The minimum Gasteiger partial charge on any atom is -0.377 e. The summed E-state index contributed by atoms with van der Waals surface area (Å²) in [6, 6.07) is 0.651. The van der Waals surface area contributed by atoms with E-state index in [1.165, 1.54) is 19.3 Å². The number of likely N-dealkylation sites (tertiary alicyclic amines) is 1. The van der Waals surface area contributed by atoms with Gasteiger partial charge < -0.3 is 9.64 Å². The van der Waals surface area contributed by atoms with Crippen LogP contribution in [0.25, 0.3) is 0 Å². The molecule has 0 bridgehead atoms. The predicted molar refractivity (Wildman–Crippen MR) is 107 cm³/mol. The van der Waals surface area contributed by atoms with Gasteiger partial charge in [-0.05, 0) is 46.0 Å². The molecule has 0 spiro atoms. The maximum Gasteiger partial charge on any atom is 0.225 e. The topological polar surface area (TPSA) is 36.0 Å². The zero-order chi connectivity index (χ0) is 18.9. The van der Waals surface area contributed by atoms with Gasteiger partial charge in [-0.3, -0.25) is 14.6 Å². The largest absolute Gasteiger partial charge is 0.377 e. The molecule has 2 heterocycles. The summed E-state index contributed by atoms with van der Waals surface area (Å²) in [5.41, 5.74) is 0. The van der Waals surface area contributed by atoms with Crippen molar-refractivity contribution in [3.63, 3.8) is 0 Å². The van der Waals surface area contributed by atoms with Gasteiger partial charge in [0, 0.05) is 57.8 Å². The summed E-state index contributed by atoms with van der Waals surface area (Å²) in [5, 5.41) is 0. The van der Waals surface area contributed by atoms with Crippen molar-refractivity contribution in [1.29, 1.82) is 0 Å². The van der Waals surface area contributed by atoms with E-state index in [9.17, 15) is 4.79 Å². The molecule has 5 heteroatoms. The molecule has 1 amide bonds. The average Bonchev–Trinajstić information content (AvgIpc) is 2.64. The summed E-state index contributed by atoms with van der Waals surface area (Å²) >= 11 is 0. The minimum atomic E-state index is 0.311. The Morgan fingerprint density at radius 1 is 1.00 bits per heavy atom. The van der Waals surface area contributed by atoms with Gasteiger partial charge in [-0.2, -0.15) is 0 Å². The van der Waals surface area contributed by atoms with E-state index in [-0.39, 0.29) is 0 Å². The maximum atomic E-state index is 12.5. The molecule has 26 heavy (non-hydrogen) atoms. The van der Waals surface area contributed by atoms with E-state index in [0.29, 0.717) is 24.0 Å². The third-order valence-electron chi connectivity index (χ3n) is 5.91. The Morgan fingerprint density at radius 2 is 1.62 bits per heavy atom. The van der Waals surface area contributed by atoms with Crippen LogP contribution in [0.4, 0.5) is 0 Å². The molecule has 2 saturated heterocycles. The van der Waals surface area contributed by atoms with Crippen molar-refractivity contribution in [3.05, 3.63) is 13.2 Å². The van der Waals surface area contributed by atoms with E-state index in [1.54, 1.807) is 0 Å².